The molecule has 1 saturated heterocycles. The highest BCUT2D eigenvalue weighted by Gasteiger charge is 2.21. The monoisotopic (exact) mass is 441 g/mol. The average Bonchev–Trinajstić information content (AvgIpc) is 3.09. The van der Waals surface area contributed by atoms with Gasteiger partial charge >= 0.3 is 5.69 Å². The molecule has 0 amide bonds. The van der Waals surface area contributed by atoms with Crippen LogP contribution in [0, 0.1) is 5.82 Å². The molecule has 3 aromatic carbocycles. The van der Waals surface area contributed by atoms with Crippen LogP contribution in [0.25, 0.3) is 22.7 Å². The lowest BCUT2D eigenvalue weighted by molar-refractivity contribution is 0.305. The SMILES string of the molecule is O=c1[nH]c2cc(/C=C3\c4ccccc4COc4cc(F)ccc43)ccc2n1C1CCNCC1. The minimum Gasteiger partial charge on any atom is -0.488 e. The van der Waals surface area contributed by atoms with Crippen molar-refractivity contribution in [2.24, 2.45) is 0 Å². The van der Waals surface area contributed by atoms with E-state index in [1.807, 2.05) is 41.0 Å². The molecule has 5 nitrogen and oxygen atoms in total. The van der Waals surface area contributed by atoms with Gasteiger partial charge in [0.2, 0.25) is 0 Å². The lowest BCUT2D eigenvalue weighted by atomic mass is 9.92. The summed E-state index contributed by atoms with van der Waals surface area (Å²) in [5.74, 6) is 0.210. The van der Waals surface area contributed by atoms with Gasteiger partial charge in [0.25, 0.3) is 0 Å². The second-order valence-corrected chi connectivity index (χ2v) is 8.70. The van der Waals surface area contributed by atoms with Crippen LogP contribution in [0.2, 0.25) is 0 Å². The van der Waals surface area contributed by atoms with Crippen molar-refractivity contribution in [3.63, 3.8) is 0 Å². The Morgan fingerprint density at radius 1 is 1.00 bits per heavy atom. The van der Waals surface area contributed by atoms with Crippen molar-refractivity contribution in [2.75, 3.05) is 13.1 Å². The van der Waals surface area contributed by atoms with Crippen LogP contribution in [0.4, 0.5) is 4.39 Å². The fraction of sp³-hybridized carbons (Fsp3) is 0.222. The largest absolute Gasteiger partial charge is 0.488 e. The van der Waals surface area contributed by atoms with Crippen LogP contribution >= 0.6 is 0 Å². The predicted octanol–water partition coefficient (Wildman–Crippen LogP) is 4.87. The topological polar surface area (TPSA) is 59.1 Å². The zero-order valence-corrected chi connectivity index (χ0v) is 18.1. The van der Waals surface area contributed by atoms with Crippen LogP contribution in [0.5, 0.6) is 5.75 Å². The highest BCUT2D eigenvalue weighted by molar-refractivity contribution is 5.95. The molecule has 0 aliphatic carbocycles. The number of fused-ring (bicyclic) bond motifs is 3. The van der Waals surface area contributed by atoms with E-state index in [2.05, 4.69) is 22.4 Å². The van der Waals surface area contributed by atoms with Gasteiger partial charge in [0.15, 0.2) is 0 Å². The van der Waals surface area contributed by atoms with Gasteiger partial charge in [-0.3, -0.25) is 4.57 Å². The number of nitrogens with zero attached hydrogens (tertiary/aromatic N) is 1. The number of aromatic nitrogens is 2. The molecule has 0 spiro atoms. The van der Waals surface area contributed by atoms with E-state index in [-0.39, 0.29) is 17.5 Å². The summed E-state index contributed by atoms with van der Waals surface area (Å²) < 4.78 is 21.8. The summed E-state index contributed by atoms with van der Waals surface area (Å²) in [5, 5.41) is 3.36. The van der Waals surface area contributed by atoms with Gasteiger partial charge in [-0.1, -0.05) is 30.3 Å². The Kier molecular flexibility index (Phi) is 4.88. The van der Waals surface area contributed by atoms with Gasteiger partial charge in [-0.15, -0.1) is 0 Å². The van der Waals surface area contributed by atoms with Crippen LogP contribution in [0.1, 0.15) is 41.1 Å². The number of ether oxygens (including phenoxy) is 1. The first-order valence-electron chi connectivity index (χ1n) is 11.3. The molecule has 2 aliphatic rings. The third-order valence-electron chi connectivity index (χ3n) is 6.65. The number of nitrogens with one attached hydrogen (secondary N) is 2. The van der Waals surface area contributed by atoms with Crippen LogP contribution < -0.4 is 15.7 Å². The number of piperidine rings is 1. The second kappa shape index (κ2) is 8.05. The quantitative estimate of drug-likeness (QED) is 0.466. The molecule has 3 heterocycles. The Labute approximate surface area is 190 Å². The average molecular weight is 442 g/mol. The lowest BCUT2D eigenvalue weighted by Gasteiger charge is -2.23. The zero-order valence-electron chi connectivity index (χ0n) is 18.1. The molecular formula is C27H24FN3O2. The molecule has 1 aromatic heterocycles. The standard InChI is InChI=1S/C27H24FN3O2/c28-19-6-7-22-23(21-4-2-1-3-18(21)16-33-26(22)15-19)13-17-5-8-25-24(14-17)30-27(32)31(25)20-9-11-29-12-10-20/h1-8,13-15,20,29H,9-12,16H2,(H,30,32)/b23-13+. The van der Waals surface area contributed by atoms with E-state index in [9.17, 15) is 9.18 Å². The molecule has 0 bridgehead atoms. The summed E-state index contributed by atoms with van der Waals surface area (Å²) in [5.41, 5.74) is 6.58. The molecule has 0 radical (unpaired) electrons. The Hall–Kier alpha value is -3.64. The summed E-state index contributed by atoms with van der Waals surface area (Å²) >= 11 is 0. The third kappa shape index (κ3) is 3.56. The summed E-state index contributed by atoms with van der Waals surface area (Å²) in [6.07, 6.45) is 3.98. The molecule has 0 atom stereocenters. The summed E-state index contributed by atoms with van der Waals surface area (Å²) in [7, 11) is 0. The highest BCUT2D eigenvalue weighted by atomic mass is 19.1. The molecule has 33 heavy (non-hydrogen) atoms. The maximum atomic E-state index is 13.9. The van der Waals surface area contributed by atoms with E-state index < -0.39 is 0 Å². The van der Waals surface area contributed by atoms with Gasteiger partial charge < -0.3 is 15.0 Å². The first-order valence-corrected chi connectivity index (χ1v) is 11.3. The number of H-pyrrole nitrogens is 1. The van der Waals surface area contributed by atoms with Crippen molar-refractivity contribution in [1.29, 1.82) is 0 Å². The molecule has 4 aromatic rings. The van der Waals surface area contributed by atoms with E-state index in [0.29, 0.717) is 12.4 Å². The summed E-state index contributed by atoms with van der Waals surface area (Å²) in [4.78, 5) is 15.8. The van der Waals surface area contributed by atoms with Gasteiger partial charge in [-0.05, 0) is 78.5 Å². The van der Waals surface area contributed by atoms with Crippen LogP contribution in [-0.4, -0.2) is 22.6 Å². The molecule has 6 heteroatoms. The molecule has 1 fully saturated rings. The number of halogens is 1. The molecule has 0 saturated carbocycles. The first-order chi connectivity index (χ1) is 16.2. The lowest BCUT2D eigenvalue weighted by Crippen LogP contribution is -2.33. The minimum atomic E-state index is -0.322. The van der Waals surface area contributed by atoms with Gasteiger partial charge in [-0.25, -0.2) is 9.18 Å². The fourth-order valence-electron chi connectivity index (χ4n) is 5.04. The van der Waals surface area contributed by atoms with Crippen LogP contribution in [0.3, 0.4) is 0 Å². The smallest absolute Gasteiger partial charge is 0.326 e. The van der Waals surface area contributed by atoms with Crippen molar-refractivity contribution < 1.29 is 9.13 Å². The van der Waals surface area contributed by atoms with Crippen molar-refractivity contribution in [1.82, 2.24) is 14.9 Å². The summed E-state index contributed by atoms with van der Waals surface area (Å²) in [6.45, 7) is 2.24. The van der Waals surface area contributed by atoms with Gasteiger partial charge in [-0.2, -0.15) is 0 Å². The molecular weight excluding hydrogens is 417 g/mol. The van der Waals surface area contributed by atoms with Crippen molar-refractivity contribution in [2.45, 2.75) is 25.5 Å². The van der Waals surface area contributed by atoms with Crippen LogP contribution in [0.15, 0.2) is 65.5 Å². The summed E-state index contributed by atoms with van der Waals surface area (Å²) in [6, 6.07) is 19.0. The zero-order chi connectivity index (χ0) is 22.4. The number of hydrogen-bond donors (Lipinski definition) is 2. The normalized spacial score (nSPS) is 17.4. The molecule has 166 valence electrons. The number of benzene rings is 3. The number of rotatable bonds is 2. The second-order valence-electron chi connectivity index (χ2n) is 8.70. The van der Waals surface area contributed by atoms with E-state index in [4.69, 9.17) is 4.74 Å². The number of imidazole rings is 1. The van der Waals surface area contributed by atoms with Crippen molar-refractivity contribution >= 4 is 22.7 Å². The number of aromatic amines is 1. The molecule has 2 N–H and O–H groups in total. The fourth-order valence-corrected chi connectivity index (χ4v) is 5.04. The van der Waals surface area contributed by atoms with Crippen molar-refractivity contribution in [3.05, 3.63) is 99.2 Å². The predicted molar refractivity (Wildman–Crippen MR) is 128 cm³/mol. The van der Waals surface area contributed by atoms with E-state index in [0.717, 1.165) is 64.8 Å². The minimum absolute atomic E-state index is 0.0595. The van der Waals surface area contributed by atoms with E-state index >= 15 is 0 Å². The highest BCUT2D eigenvalue weighted by Crippen LogP contribution is 2.38. The van der Waals surface area contributed by atoms with E-state index in [1.165, 1.54) is 12.1 Å². The first kappa shape index (κ1) is 20.0. The van der Waals surface area contributed by atoms with Crippen molar-refractivity contribution in [3.8, 4) is 5.75 Å². The molecule has 0 unspecified atom stereocenters. The van der Waals surface area contributed by atoms with Gasteiger partial charge in [0.1, 0.15) is 18.2 Å². The number of hydrogen-bond acceptors (Lipinski definition) is 3. The Morgan fingerprint density at radius 2 is 1.85 bits per heavy atom. The maximum absolute atomic E-state index is 13.9. The maximum Gasteiger partial charge on any atom is 0.326 e. The molecule has 6 rings (SSSR count). The Balaban J connectivity index is 1.49. The Bertz CT molecular complexity index is 1440. The molecule has 2 aliphatic heterocycles. The Morgan fingerprint density at radius 3 is 2.73 bits per heavy atom. The van der Waals surface area contributed by atoms with Crippen LogP contribution in [-0.2, 0) is 6.61 Å². The van der Waals surface area contributed by atoms with E-state index in [1.54, 1.807) is 6.07 Å². The third-order valence-corrected chi connectivity index (χ3v) is 6.65. The van der Waals surface area contributed by atoms with Gasteiger partial charge in [0.05, 0.1) is 11.0 Å². The van der Waals surface area contributed by atoms with Gasteiger partial charge in [0, 0.05) is 17.7 Å².